The van der Waals surface area contributed by atoms with E-state index in [4.69, 9.17) is 17.3 Å². The number of primary amides is 1. The minimum Gasteiger partial charge on any atom is -0.368 e. The summed E-state index contributed by atoms with van der Waals surface area (Å²) in [5.41, 5.74) is 7.71. The van der Waals surface area contributed by atoms with E-state index in [2.05, 4.69) is 37.6 Å². The second-order valence-electron chi connectivity index (χ2n) is 6.14. The average molecular weight is 424 g/mol. The molecule has 0 saturated carbocycles. The molecule has 0 unspecified atom stereocenters. The van der Waals surface area contributed by atoms with Gasteiger partial charge in [-0.25, -0.2) is 4.98 Å². The van der Waals surface area contributed by atoms with Crippen LogP contribution in [0.25, 0.3) is 0 Å². The molecule has 3 rings (SSSR count). The molecule has 7 heteroatoms. The number of anilines is 1. The van der Waals surface area contributed by atoms with Gasteiger partial charge in [0.1, 0.15) is 11.9 Å². The molecule has 0 bridgehead atoms. The minimum atomic E-state index is -0.437. The number of aryl methyl sites for hydroxylation is 1. The van der Waals surface area contributed by atoms with Crippen LogP contribution in [0, 0.1) is 6.92 Å². The number of rotatable bonds is 4. The molecule has 1 aromatic carbocycles. The van der Waals surface area contributed by atoms with Crippen LogP contribution in [0.1, 0.15) is 17.2 Å². The van der Waals surface area contributed by atoms with Crippen molar-refractivity contribution >= 4 is 39.3 Å². The van der Waals surface area contributed by atoms with Crippen LogP contribution in [-0.4, -0.2) is 42.0 Å². The Hall–Kier alpha value is -1.63. The molecule has 1 saturated heterocycles. The molecule has 2 N–H and O–H groups in total. The highest BCUT2D eigenvalue weighted by Crippen LogP contribution is 2.29. The Morgan fingerprint density at radius 3 is 2.44 bits per heavy atom. The van der Waals surface area contributed by atoms with E-state index in [-0.39, 0.29) is 5.91 Å². The molecule has 2 aromatic rings. The predicted molar refractivity (Wildman–Crippen MR) is 104 cm³/mol. The molecule has 5 nitrogen and oxygen atoms in total. The van der Waals surface area contributed by atoms with Crippen LogP contribution in [0.4, 0.5) is 5.82 Å². The molecule has 1 fully saturated rings. The number of nitrogens with zero attached hydrogens (tertiary/aromatic N) is 3. The van der Waals surface area contributed by atoms with Gasteiger partial charge in [0, 0.05) is 37.4 Å². The molecule has 25 heavy (non-hydrogen) atoms. The number of piperazine rings is 1. The van der Waals surface area contributed by atoms with Crippen molar-refractivity contribution in [2.75, 3.05) is 31.1 Å². The third-order valence-corrected chi connectivity index (χ3v) is 5.73. The molecule has 1 aromatic heterocycles. The minimum absolute atomic E-state index is 0.342. The number of carbonyl (C=O) groups excluding carboxylic acids is 1. The summed E-state index contributed by atoms with van der Waals surface area (Å²) in [6.45, 7) is 5.09. The average Bonchev–Trinajstić information content (AvgIpc) is 2.60. The van der Waals surface area contributed by atoms with Crippen molar-refractivity contribution in [1.82, 2.24) is 9.88 Å². The fourth-order valence-electron chi connectivity index (χ4n) is 3.14. The summed E-state index contributed by atoms with van der Waals surface area (Å²) in [5.74, 6) is 0.604. The van der Waals surface area contributed by atoms with Crippen molar-refractivity contribution in [3.63, 3.8) is 0 Å². The molecular formula is C18H20BrClN4O. The van der Waals surface area contributed by atoms with Crippen LogP contribution in [0.2, 0.25) is 5.02 Å². The summed E-state index contributed by atoms with van der Waals surface area (Å²) in [7, 11) is 0. The van der Waals surface area contributed by atoms with Crippen LogP contribution in [-0.2, 0) is 4.79 Å². The first-order valence-corrected chi connectivity index (χ1v) is 9.29. The number of halogens is 2. The van der Waals surface area contributed by atoms with Crippen LogP contribution < -0.4 is 10.6 Å². The zero-order valence-electron chi connectivity index (χ0n) is 14.0. The molecule has 132 valence electrons. The van der Waals surface area contributed by atoms with Gasteiger partial charge in [-0.3, -0.25) is 9.69 Å². The van der Waals surface area contributed by atoms with Crippen molar-refractivity contribution in [3.8, 4) is 0 Å². The monoisotopic (exact) mass is 422 g/mol. The van der Waals surface area contributed by atoms with Gasteiger partial charge in [0.2, 0.25) is 5.91 Å². The second kappa shape index (κ2) is 7.72. The van der Waals surface area contributed by atoms with Crippen LogP contribution in [0.15, 0.2) is 41.0 Å². The lowest BCUT2D eigenvalue weighted by atomic mass is 10.0. The standard InChI is InChI=1S/C18H20BrClN4O/c1-12-6-7-22-18(15(12)19)24-10-8-23(9-11-24)16(17(21)25)13-2-4-14(20)5-3-13/h2-7,16H,8-11H2,1H3,(H2,21,25)/t16-/m0/s1. The first-order chi connectivity index (χ1) is 12.0. The Bertz CT molecular complexity index is 760. The third kappa shape index (κ3) is 3.97. The highest BCUT2D eigenvalue weighted by Gasteiger charge is 2.29. The van der Waals surface area contributed by atoms with Gasteiger partial charge in [0.25, 0.3) is 0 Å². The number of hydrogen-bond acceptors (Lipinski definition) is 4. The van der Waals surface area contributed by atoms with E-state index >= 15 is 0 Å². The number of hydrogen-bond donors (Lipinski definition) is 1. The summed E-state index contributed by atoms with van der Waals surface area (Å²) in [5, 5.41) is 0.646. The van der Waals surface area contributed by atoms with E-state index < -0.39 is 6.04 Å². The largest absolute Gasteiger partial charge is 0.368 e. The van der Waals surface area contributed by atoms with E-state index in [1.807, 2.05) is 24.4 Å². The molecule has 0 radical (unpaired) electrons. The number of aromatic nitrogens is 1. The van der Waals surface area contributed by atoms with Crippen LogP contribution >= 0.6 is 27.5 Å². The van der Waals surface area contributed by atoms with E-state index in [0.29, 0.717) is 5.02 Å². The second-order valence-corrected chi connectivity index (χ2v) is 7.37. The van der Waals surface area contributed by atoms with E-state index in [1.165, 1.54) is 0 Å². The van der Waals surface area contributed by atoms with Gasteiger partial charge in [-0.1, -0.05) is 23.7 Å². The maximum Gasteiger partial charge on any atom is 0.239 e. The summed E-state index contributed by atoms with van der Waals surface area (Å²) in [6, 6.07) is 8.85. The predicted octanol–water partition coefficient (Wildman–Crippen LogP) is 3.15. The van der Waals surface area contributed by atoms with Gasteiger partial charge >= 0.3 is 0 Å². The number of pyridine rings is 1. The lowest BCUT2D eigenvalue weighted by molar-refractivity contribution is -0.123. The normalized spacial score (nSPS) is 16.7. The lowest BCUT2D eigenvalue weighted by Crippen LogP contribution is -2.50. The fourth-order valence-corrected chi connectivity index (χ4v) is 3.75. The van der Waals surface area contributed by atoms with Crippen LogP contribution in [0.5, 0.6) is 0 Å². The molecular weight excluding hydrogens is 404 g/mol. The third-order valence-electron chi connectivity index (χ3n) is 4.50. The molecule has 2 heterocycles. The summed E-state index contributed by atoms with van der Waals surface area (Å²) < 4.78 is 1.02. The summed E-state index contributed by atoms with van der Waals surface area (Å²) in [4.78, 5) is 20.9. The Kier molecular flexibility index (Phi) is 5.61. The Morgan fingerprint density at radius 2 is 1.84 bits per heavy atom. The van der Waals surface area contributed by atoms with Crippen molar-refractivity contribution in [1.29, 1.82) is 0 Å². The SMILES string of the molecule is Cc1ccnc(N2CCN([C@H](C(N)=O)c3ccc(Cl)cc3)CC2)c1Br. The maximum absolute atomic E-state index is 12.0. The molecule has 0 spiro atoms. The van der Waals surface area contributed by atoms with Gasteiger partial charge in [-0.15, -0.1) is 0 Å². The Morgan fingerprint density at radius 1 is 1.20 bits per heavy atom. The molecule has 0 aliphatic carbocycles. The van der Waals surface area contributed by atoms with E-state index in [1.54, 1.807) is 12.1 Å². The van der Waals surface area contributed by atoms with E-state index in [0.717, 1.165) is 47.6 Å². The topological polar surface area (TPSA) is 62.5 Å². The Labute approximate surface area is 160 Å². The first kappa shape index (κ1) is 18.2. The number of nitrogens with two attached hydrogens (primary N) is 1. The van der Waals surface area contributed by atoms with Crippen molar-refractivity contribution in [3.05, 3.63) is 57.2 Å². The first-order valence-electron chi connectivity index (χ1n) is 8.12. The summed E-state index contributed by atoms with van der Waals surface area (Å²) in [6.07, 6.45) is 1.82. The molecule has 1 atom stereocenters. The van der Waals surface area contributed by atoms with Crippen LogP contribution in [0.3, 0.4) is 0 Å². The quantitative estimate of drug-likeness (QED) is 0.820. The zero-order valence-corrected chi connectivity index (χ0v) is 16.3. The molecule has 1 aliphatic heterocycles. The fraction of sp³-hybridized carbons (Fsp3) is 0.333. The zero-order chi connectivity index (χ0) is 18.0. The Balaban J connectivity index is 1.74. The lowest BCUT2D eigenvalue weighted by Gasteiger charge is -2.39. The molecule has 1 amide bonds. The number of carbonyl (C=O) groups is 1. The van der Waals surface area contributed by atoms with Crippen molar-refractivity contribution < 1.29 is 4.79 Å². The highest BCUT2D eigenvalue weighted by atomic mass is 79.9. The van der Waals surface area contributed by atoms with Gasteiger partial charge < -0.3 is 10.6 Å². The van der Waals surface area contributed by atoms with Crippen molar-refractivity contribution in [2.24, 2.45) is 5.73 Å². The number of amides is 1. The smallest absolute Gasteiger partial charge is 0.239 e. The summed E-state index contributed by atoms with van der Waals surface area (Å²) >= 11 is 9.57. The maximum atomic E-state index is 12.0. The van der Waals surface area contributed by atoms with Gasteiger partial charge in [-0.2, -0.15) is 0 Å². The van der Waals surface area contributed by atoms with Gasteiger partial charge in [0.15, 0.2) is 0 Å². The van der Waals surface area contributed by atoms with Gasteiger partial charge in [-0.05, 0) is 52.2 Å². The number of benzene rings is 1. The van der Waals surface area contributed by atoms with Gasteiger partial charge in [0.05, 0.1) is 4.47 Å². The van der Waals surface area contributed by atoms with Crippen molar-refractivity contribution in [2.45, 2.75) is 13.0 Å². The highest BCUT2D eigenvalue weighted by molar-refractivity contribution is 9.10. The van der Waals surface area contributed by atoms with E-state index in [9.17, 15) is 4.79 Å². The molecule has 1 aliphatic rings.